The number of fused-ring (bicyclic) bond motifs is 1. The fourth-order valence-corrected chi connectivity index (χ4v) is 3.43. The first-order valence-corrected chi connectivity index (χ1v) is 9.01. The highest BCUT2D eigenvalue weighted by Gasteiger charge is 2.11. The van der Waals surface area contributed by atoms with Gasteiger partial charge in [-0.3, -0.25) is 4.79 Å². The maximum atomic E-state index is 12.1. The largest absolute Gasteiger partial charge is 0.489 e. The van der Waals surface area contributed by atoms with Gasteiger partial charge in [0, 0.05) is 16.1 Å². The fraction of sp³-hybridized carbons (Fsp3) is 0.111. The number of hydrogen-bond acceptors (Lipinski definition) is 6. The van der Waals surface area contributed by atoms with E-state index in [1.807, 2.05) is 48.5 Å². The second-order valence-corrected chi connectivity index (χ2v) is 6.96. The van der Waals surface area contributed by atoms with Crippen molar-refractivity contribution in [1.29, 1.82) is 0 Å². The predicted molar refractivity (Wildman–Crippen MR) is 101 cm³/mol. The molecule has 0 spiro atoms. The van der Waals surface area contributed by atoms with Crippen LogP contribution in [0, 0.1) is 6.92 Å². The summed E-state index contributed by atoms with van der Waals surface area (Å²) < 4.78 is 7.13. The number of aromatic nitrogens is 4. The first-order valence-electron chi connectivity index (χ1n) is 7.81. The summed E-state index contributed by atoms with van der Waals surface area (Å²) in [5, 5.41) is 13.6. The van der Waals surface area contributed by atoms with Crippen molar-refractivity contribution < 1.29 is 4.74 Å². The van der Waals surface area contributed by atoms with Crippen LogP contribution in [0.1, 0.15) is 11.3 Å². The molecule has 0 saturated carbocycles. The van der Waals surface area contributed by atoms with Gasteiger partial charge in [0.05, 0.1) is 0 Å². The number of halogens is 1. The average Bonchev–Trinajstić information content (AvgIpc) is 3.10. The van der Waals surface area contributed by atoms with Crippen LogP contribution in [0.4, 0.5) is 0 Å². The van der Waals surface area contributed by atoms with Crippen molar-refractivity contribution in [3.63, 3.8) is 0 Å². The van der Waals surface area contributed by atoms with Gasteiger partial charge in [0.1, 0.15) is 23.1 Å². The molecule has 6 nitrogen and oxygen atoms in total. The maximum Gasteiger partial charge on any atom is 0.296 e. The Morgan fingerprint density at radius 1 is 1.15 bits per heavy atom. The van der Waals surface area contributed by atoms with E-state index >= 15 is 0 Å². The van der Waals surface area contributed by atoms with Gasteiger partial charge in [-0.1, -0.05) is 53.3 Å². The predicted octanol–water partition coefficient (Wildman–Crippen LogP) is 3.75. The highest BCUT2D eigenvalue weighted by Crippen LogP contribution is 2.28. The second-order valence-electron chi connectivity index (χ2n) is 5.60. The van der Waals surface area contributed by atoms with Crippen molar-refractivity contribution >= 4 is 27.9 Å². The molecule has 0 N–H and O–H groups in total. The normalized spacial score (nSPS) is 11.0. The molecule has 0 radical (unpaired) electrons. The summed E-state index contributed by atoms with van der Waals surface area (Å²) in [6.45, 7) is 1.98. The Hall–Kier alpha value is -2.77. The average molecular weight is 385 g/mol. The van der Waals surface area contributed by atoms with Gasteiger partial charge >= 0.3 is 0 Å². The van der Waals surface area contributed by atoms with E-state index in [1.165, 1.54) is 15.9 Å². The van der Waals surface area contributed by atoms with Gasteiger partial charge in [-0.2, -0.15) is 9.61 Å². The molecular formula is C18H13ClN4O2S. The van der Waals surface area contributed by atoms with Crippen molar-refractivity contribution in [2.75, 3.05) is 0 Å². The van der Waals surface area contributed by atoms with E-state index in [-0.39, 0.29) is 5.56 Å². The first-order chi connectivity index (χ1) is 12.6. The third-order valence-electron chi connectivity index (χ3n) is 3.78. The Bertz CT molecular complexity index is 1160. The number of nitrogens with zero attached hydrogens (tertiary/aromatic N) is 4. The third kappa shape index (κ3) is 3.18. The molecule has 2 heterocycles. The van der Waals surface area contributed by atoms with E-state index in [9.17, 15) is 4.79 Å². The zero-order valence-electron chi connectivity index (χ0n) is 13.7. The van der Waals surface area contributed by atoms with Gasteiger partial charge < -0.3 is 4.74 Å². The molecule has 0 amide bonds. The molecule has 0 saturated heterocycles. The maximum absolute atomic E-state index is 12.1. The van der Waals surface area contributed by atoms with Crippen LogP contribution in [0.5, 0.6) is 5.75 Å². The summed E-state index contributed by atoms with van der Waals surface area (Å²) in [4.78, 5) is 12.6. The van der Waals surface area contributed by atoms with E-state index in [0.717, 1.165) is 11.1 Å². The lowest BCUT2D eigenvalue weighted by atomic mass is 10.2. The Labute approximate surface area is 157 Å². The van der Waals surface area contributed by atoms with Crippen molar-refractivity contribution in [3.05, 3.63) is 75.2 Å². The topological polar surface area (TPSA) is 69.4 Å². The molecule has 2 aromatic heterocycles. The molecule has 130 valence electrons. The van der Waals surface area contributed by atoms with Crippen LogP contribution < -0.4 is 10.3 Å². The van der Waals surface area contributed by atoms with Crippen molar-refractivity contribution in [3.8, 4) is 16.3 Å². The number of rotatable bonds is 4. The molecule has 2 aromatic carbocycles. The summed E-state index contributed by atoms with van der Waals surface area (Å²) in [5.41, 5.74) is 1.81. The second kappa shape index (κ2) is 6.86. The van der Waals surface area contributed by atoms with Gasteiger partial charge in [0.25, 0.3) is 5.56 Å². The number of ether oxygens (including phenoxy) is 1. The molecule has 0 aliphatic rings. The van der Waals surface area contributed by atoms with E-state index in [1.54, 1.807) is 6.92 Å². The summed E-state index contributed by atoms with van der Waals surface area (Å²) in [6, 6.07) is 15.1. The number of aryl methyl sites for hydroxylation is 1. The van der Waals surface area contributed by atoms with Crippen LogP contribution in [0.3, 0.4) is 0 Å². The van der Waals surface area contributed by atoms with Crippen LogP contribution in [0.25, 0.3) is 15.5 Å². The van der Waals surface area contributed by atoms with Crippen LogP contribution in [-0.4, -0.2) is 19.8 Å². The summed E-state index contributed by atoms with van der Waals surface area (Å²) in [7, 11) is 0. The van der Waals surface area contributed by atoms with Gasteiger partial charge in [0.2, 0.25) is 4.96 Å². The van der Waals surface area contributed by atoms with Gasteiger partial charge in [-0.25, -0.2) is 0 Å². The first kappa shape index (κ1) is 16.7. The summed E-state index contributed by atoms with van der Waals surface area (Å²) in [6.07, 6.45) is 0. The Morgan fingerprint density at radius 3 is 2.85 bits per heavy atom. The van der Waals surface area contributed by atoms with Crippen LogP contribution >= 0.6 is 22.9 Å². The SMILES string of the molecule is Cc1nnc2sc(-c3cccc(OCc4ccccc4Cl)c3)nn2c1=O. The number of hydrogen-bond donors (Lipinski definition) is 0. The van der Waals surface area contributed by atoms with Crippen molar-refractivity contribution in [1.82, 2.24) is 19.8 Å². The minimum atomic E-state index is -0.261. The third-order valence-corrected chi connectivity index (χ3v) is 5.10. The standard InChI is InChI=1S/C18H13ClN4O2S/c1-11-17(24)23-18(21-20-11)26-16(22-23)12-6-4-7-14(9-12)25-10-13-5-2-3-8-15(13)19/h2-9H,10H2,1H3. The smallest absolute Gasteiger partial charge is 0.296 e. The van der Waals surface area contributed by atoms with Gasteiger partial charge in [-0.15, -0.1) is 10.2 Å². The zero-order valence-corrected chi connectivity index (χ0v) is 15.3. The van der Waals surface area contributed by atoms with Gasteiger partial charge in [-0.05, 0) is 25.1 Å². The highest BCUT2D eigenvalue weighted by molar-refractivity contribution is 7.19. The minimum absolute atomic E-state index is 0.261. The number of benzene rings is 2. The molecular weight excluding hydrogens is 372 g/mol. The molecule has 0 fully saturated rings. The lowest BCUT2D eigenvalue weighted by Gasteiger charge is -2.08. The van der Waals surface area contributed by atoms with Crippen molar-refractivity contribution in [2.45, 2.75) is 13.5 Å². The van der Waals surface area contributed by atoms with E-state index in [0.29, 0.717) is 33.0 Å². The van der Waals surface area contributed by atoms with E-state index < -0.39 is 0 Å². The van der Waals surface area contributed by atoms with Crippen molar-refractivity contribution in [2.24, 2.45) is 0 Å². The Morgan fingerprint density at radius 2 is 2.00 bits per heavy atom. The minimum Gasteiger partial charge on any atom is -0.489 e. The monoisotopic (exact) mass is 384 g/mol. The molecule has 8 heteroatoms. The summed E-state index contributed by atoms with van der Waals surface area (Å²) in [5.74, 6) is 0.691. The Balaban J connectivity index is 1.63. The molecule has 0 aliphatic carbocycles. The highest BCUT2D eigenvalue weighted by atomic mass is 35.5. The lowest BCUT2D eigenvalue weighted by molar-refractivity contribution is 0.306. The fourth-order valence-electron chi connectivity index (χ4n) is 2.40. The molecule has 26 heavy (non-hydrogen) atoms. The van der Waals surface area contributed by atoms with Crippen LogP contribution in [0.2, 0.25) is 5.02 Å². The Kier molecular flexibility index (Phi) is 4.40. The molecule has 0 atom stereocenters. The lowest BCUT2D eigenvalue weighted by Crippen LogP contribution is -2.19. The zero-order chi connectivity index (χ0) is 18.1. The summed E-state index contributed by atoms with van der Waals surface area (Å²) >= 11 is 7.46. The van der Waals surface area contributed by atoms with Crippen LogP contribution in [0.15, 0.2) is 53.3 Å². The molecule has 4 aromatic rings. The quantitative estimate of drug-likeness (QED) is 0.536. The molecule has 0 aliphatic heterocycles. The van der Waals surface area contributed by atoms with Crippen LogP contribution in [-0.2, 0) is 6.61 Å². The van der Waals surface area contributed by atoms with E-state index in [4.69, 9.17) is 16.3 Å². The molecule has 0 bridgehead atoms. The molecule has 0 unspecified atom stereocenters. The van der Waals surface area contributed by atoms with Gasteiger partial charge in [0.15, 0.2) is 0 Å². The molecule has 4 rings (SSSR count). The van der Waals surface area contributed by atoms with E-state index in [2.05, 4.69) is 15.3 Å².